The molecular weight excluding hydrogens is 532 g/mol. The molecule has 7 heteroatoms. The van der Waals surface area contributed by atoms with Crippen LogP contribution in [0.3, 0.4) is 0 Å². The summed E-state index contributed by atoms with van der Waals surface area (Å²) in [6.45, 7) is 20.9. The van der Waals surface area contributed by atoms with Gasteiger partial charge >= 0.3 is 0 Å². The highest BCUT2D eigenvalue weighted by Crippen LogP contribution is 2.47. The van der Waals surface area contributed by atoms with Gasteiger partial charge in [-0.25, -0.2) is 0 Å². The summed E-state index contributed by atoms with van der Waals surface area (Å²) in [5.74, 6) is 0.848. The molecule has 236 valence electrons. The topological polar surface area (TPSA) is 77.4 Å². The number of benzene rings is 1. The molecular formula is C34H60O6Si. The molecule has 0 radical (unpaired) electrons. The van der Waals surface area contributed by atoms with Crippen molar-refractivity contribution < 1.29 is 28.8 Å². The molecule has 1 aliphatic heterocycles. The van der Waals surface area contributed by atoms with Crippen LogP contribution in [0.4, 0.5) is 0 Å². The van der Waals surface area contributed by atoms with Crippen LogP contribution in [0.25, 0.3) is 0 Å². The van der Waals surface area contributed by atoms with Crippen molar-refractivity contribution in [1.29, 1.82) is 0 Å². The van der Waals surface area contributed by atoms with Gasteiger partial charge in [-0.2, -0.15) is 0 Å². The second kappa shape index (κ2) is 15.2. The number of ether oxygens (including phenoxy) is 3. The van der Waals surface area contributed by atoms with Crippen molar-refractivity contribution in [3.8, 4) is 5.75 Å². The van der Waals surface area contributed by atoms with Crippen molar-refractivity contribution in [3.63, 3.8) is 0 Å². The van der Waals surface area contributed by atoms with E-state index in [1.165, 1.54) is 6.42 Å². The van der Waals surface area contributed by atoms with E-state index < -0.39 is 26.8 Å². The molecule has 2 aliphatic rings. The summed E-state index contributed by atoms with van der Waals surface area (Å²) in [4.78, 5) is 0. The molecule has 1 unspecified atom stereocenters. The molecule has 0 bridgehead atoms. The molecule has 41 heavy (non-hydrogen) atoms. The number of hydrogen-bond acceptors (Lipinski definition) is 6. The summed E-state index contributed by atoms with van der Waals surface area (Å²) in [5, 5.41) is 23.1. The van der Waals surface area contributed by atoms with Gasteiger partial charge in [-0.05, 0) is 47.5 Å². The van der Waals surface area contributed by atoms with E-state index in [-0.39, 0.29) is 35.9 Å². The van der Waals surface area contributed by atoms with Gasteiger partial charge in [0.15, 0.2) is 6.29 Å². The molecule has 1 saturated carbocycles. The minimum absolute atomic E-state index is 0.0130. The number of aliphatic hydroxyl groups is 2. The molecule has 8 atom stereocenters. The Morgan fingerprint density at radius 3 is 1.93 bits per heavy atom. The van der Waals surface area contributed by atoms with E-state index in [0.29, 0.717) is 23.2 Å². The van der Waals surface area contributed by atoms with E-state index in [2.05, 4.69) is 62.3 Å². The lowest BCUT2D eigenvalue weighted by Crippen LogP contribution is -2.57. The summed E-state index contributed by atoms with van der Waals surface area (Å²) in [7, 11) is -0.642. The van der Waals surface area contributed by atoms with Crippen molar-refractivity contribution in [2.24, 2.45) is 23.7 Å². The zero-order valence-corrected chi connectivity index (χ0v) is 28.5. The van der Waals surface area contributed by atoms with Crippen LogP contribution in [0.15, 0.2) is 24.3 Å². The molecule has 0 aromatic heterocycles. The third kappa shape index (κ3) is 7.77. The van der Waals surface area contributed by atoms with Crippen molar-refractivity contribution >= 4 is 8.32 Å². The maximum Gasteiger partial charge on any atom is 0.200 e. The standard InChI is InChI=1S/C34H60O6Si/c1-21(2)41(22(3)4,23(5)6)40-33(25(8)30(35)31(36)27-14-12-11-13-15-27)26(9)32-24(7)20-38-34(39-32)28-16-18-29(37-10)19-17-28/h16-19,21-27,30-36H,11-15,20H2,1-10H3/t24-,25+,26-,30?,31+,32-,33+,34-/m1/s1. The van der Waals surface area contributed by atoms with Crippen LogP contribution in [0.2, 0.25) is 16.6 Å². The van der Waals surface area contributed by atoms with Gasteiger partial charge in [0.1, 0.15) is 5.75 Å². The second-order valence-corrected chi connectivity index (χ2v) is 19.4. The summed E-state index contributed by atoms with van der Waals surface area (Å²) < 4.78 is 25.7. The Bertz CT molecular complexity index is 877. The van der Waals surface area contributed by atoms with Crippen LogP contribution in [-0.4, -0.2) is 56.7 Å². The molecule has 1 heterocycles. The van der Waals surface area contributed by atoms with E-state index in [0.717, 1.165) is 37.0 Å². The quantitative estimate of drug-likeness (QED) is 0.227. The second-order valence-electron chi connectivity index (χ2n) is 14.0. The Morgan fingerprint density at radius 2 is 1.41 bits per heavy atom. The fourth-order valence-electron chi connectivity index (χ4n) is 8.01. The molecule has 2 fully saturated rings. The highest BCUT2D eigenvalue weighted by molar-refractivity contribution is 6.77. The van der Waals surface area contributed by atoms with E-state index in [9.17, 15) is 10.2 Å². The Kier molecular flexibility index (Phi) is 12.8. The lowest BCUT2D eigenvalue weighted by molar-refractivity contribution is -0.258. The van der Waals surface area contributed by atoms with Crippen LogP contribution >= 0.6 is 0 Å². The Hall–Kier alpha value is -0.963. The molecule has 0 spiro atoms. The van der Waals surface area contributed by atoms with Crippen molar-refractivity contribution in [3.05, 3.63) is 29.8 Å². The molecule has 0 amide bonds. The molecule has 1 aliphatic carbocycles. The monoisotopic (exact) mass is 592 g/mol. The van der Waals surface area contributed by atoms with Crippen LogP contribution < -0.4 is 4.74 Å². The molecule has 6 nitrogen and oxygen atoms in total. The smallest absolute Gasteiger partial charge is 0.200 e. The van der Waals surface area contributed by atoms with Crippen molar-refractivity contribution in [2.75, 3.05) is 13.7 Å². The average Bonchev–Trinajstić information content (AvgIpc) is 2.96. The lowest BCUT2D eigenvalue weighted by atomic mass is 9.76. The van der Waals surface area contributed by atoms with Crippen LogP contribution in [0.1, 0.15) is 106 Å². The molecule has 1 aromatic rings. The minimum Gasteiger partial charge on any atom is -0.497 e. The zero-order valence-electron chi connectivity index (χ0n) is 27.5. The van der Waals surface area contributed by atoms with Crippen molar-refractivity contribution in [1.82, 2.24) is 0 Å². The lowest BCUT2D eigenvalue weighted by Gasteiger charge is -2.50. The van der Waals surface area contributed by atoms with E-state index in [1.54, 1.807) is 7.11 Å². The van der Waals surface area contributed by atoms with Crippen LogP contribution in [0.5, 0.6) is 5.75 Å². The predicted molar refractivity (Wildman–Crippen MR) is 169 cm³/mol. The molecule has 1 saturated heterocycles. The van der Waals surface area contributed by atoms with Gasteiger partial charge in [0.25, 0.3) is 0 Å². The first-order valence-corrected chi connectivity index (χ1v) is 18.4. The van der Waals surface area contributed by atoms with Crippen molar-refractivity contribution in [2.45, 2.75) is 142 Å². The van der Waals surface area contributed by atoms with Crippen LogP contribution in [-0.2, 0) is 13.9 Å². The van der Waals surface area contributed by atoms with Gasteiger partial charge < -0.3 is 28.8 Å². The van der Waals surface area contributed by atoms with Gasteiger partial charge in [-0.15, -0.1) is 0 Å². The highest BCUT2D eigenvalue weighted by atomic mass is 28.4. The average molecular weight is 593 g/mol. The van der Waals surface area contributed by atoms with Gasteiger partial charge in [0, 0.05) is 23.3 Å². The number of aliphatic hydroxyl groups excluding tert-OH is 2. The summed E-state index contributed by atoms with van der Waals surface area (Å²) in [5.41, 5.74) is 2.18. The third-order valence-corrected chi connectivity index (χ3v) is 16.5. The Labute approximate surface area is 251 Å². The number of methoxy groups -OCH3 is 1. The first kappa shape index (κ1) is 34.5. The molecule has 2 N–H and O–H groups in total. The fourth-order valence-corrected chi connectivity index (χ4v) is 13.7. The minimum atomic E-state index is -2.31. The predicted octanol–water partition coefficient (Wildman–Crippen LogP) is 7.88. The van der Waals surface area contributed by atoms with Crippen LogP contribution in [0, 0.1) is 23.7 Å². The maximum absolute atomic E-state index is 11.7. The number of hydrogen-bond donors (Lipinski definition) is 2. The zero-order chi connectivity index (χ0) is 30.5. The maximum atomic E-state index is 11.7. The summed E-state index contributed by atoms with van der Waals surface area (Å²) >= 11 is 0. The molecule has 3 rings (SSSR count). The SMILES string of the molecule is COc1ccc([C@@H]2OC[C@@H](C)[C@H]([C@@H](C)[C@@H](O[Si](C(C)C)(C(C)C)C(C)C)[C@@H](C)C(O)[C@@H](O)C3CCCCC3)O2)cc1. The highest BCUT2D eigenvalue weighted by Gasteiger charge is 2.51. The first-order chi connectivity index (χ1) is 19.3. The van der Waals surface area contributed by atoms with E-state index in [1.807, 2.05) is 24.3 Å². The number of rotatable bonds is 13. The Balaban J connectivity index is 1.95. The normalized spacial score (nSPS) is 26.7. The third-order valence-electron chi connectivity index (χ3n) is 10.4. The first-order valence-electron chi connectivity index (χ1n) is 16.3. The summed E-state index contributed by atoms with van der Waals surface area (Å²) in [6, 6.07) is 7.86. The molecule has 1 aromatic carbocycles. The van der Waals surface area contributed by atoms with Gasteiger partial charge in [-0.1, -0.05) is 93.7 Å². The van der Waals surface area contributed by atoms with Gasteiger partial charge in [0.05, 0.1) is 38.1 Å². The van der Waals surface area contributed by atoms with Gasteiger partial charge in [-0.3, -0.25) is 0 Å². The Morgan fingerprint density at radius 1 is 0.854 bits per heavy atom. The van der Waals surface area contributed by atoms with E-state index in [4.69, 9.17) is 18.6 Å². The summed E-state index contributed by atoms with van der Waals surface area (Å²) in [6.07, 6.45) is 3.00. The van der Waals surface area contributed by atoms with E-state index >= 15 is 0 Å². The largest absolute Gasteiger partial charge is 0.497 e. The fraction of sp³-hybridized carbons (Fsp3) is 0.824. The van der Waals surface area contributed by atoms with Gasteiger partial charge in [0.2, 0.25) is 8.32 Å².